The molecule has 2 aliphatic carbocycles. The summed E-state index contributed by atoms with van der Waals surface area (Å²) < 4.78 is 2.02. The molecule has 154 valence electrons. The van der Waals surface area contributed by atoms with Crippen molar-refractivity contribution in [3.63, 3.8) is 0 Å². The van der Waals surface area contributed by atoms with E-state index >= 15 is 0 Å². The summed E-state index contributed by atoms with van der Waals surface area (Å²) in [5, 5.41) is 15.4. The van der Waals surface area contributed by atoms with Crippen molar-refractivity contribution >= 4 is 29.3 Å². The molecule has 1 aromatic carbocycles. The van der Waals surface area contributed by atoms with Gasteiger partial charge in [0.15, 0.2) is 11.0 Å². The predicted molar refractivity (Wildman–Crippen MR) is 114 cm³/mol. The first-order valence-corrected chi connectivity index (χ1v) is 11.3. The van der Waals surface area contributed by atoms with Crippen LogP contribution in [-0.4, -0.2) is 38.4 Å². The number of amides is 2. The van der Waals surface area contributed by atoms with E-state index in [1.165, 1.54) is 37.9 Å². The van der Waals surface area contributed by atoms with Crippen LogP contribution in [0.4, 0.5) is 5.69 Å². The standard InChI is InChI=1S/C21H27N5O2S/c1-3-26-20(15-6-8-17(9-7-15)22-13(2)27)24-25-21(26)29-12-19(28)23-18-11-14-4-5-16(18)10-14/h6-9,14,16,18H,3-5,10-12H2,1-2H3,(H,22,27)(H,23,28)/t14-,16+,18-/m0/s1. The number of thioether (sulfide) groups is 1. The summed E-state index contributed by atoms with van der Waals surface area (Å²) in [4.78, 5) is 23.6. The molecule has 2 fully saturated rings. The van der Waals surface area contributed by atoms with E-state index in [2.05, 4.69) is 20.8 Å². The van der Waals surface area contributed by atoms with Gasteiger partial charge in [-0.15, -0.1) is 10.2 Å². The number of nitrogens with zero attached hydrogens (tertiary/aromatic N) is 3. The number of carbonyl (C=O) groups is 2. The van der Waals surface area contributed by atoms with Gasteiger partial charge in [0.25, 0.3) is 0 Å². The molecule has 2 bridgehead atoms. The molecule has 4 rings (SSSR count). The number of carbonyl (C=O) groups excluding carboxylic acids is 2. The minimum atomic E-state index is -0.100. The highest BCUT2D eigenvalue weighted by Crippen LogP contribution is 2.44. The second-order valence-corrected chi connectivity index (χ2v) is 8.89. The number of nitrogens with one attached hydrogen (secondary N) is 2. The maximum absolute atomic E-state index is 12.4. The molecule has 1 aromatic heterocycles. The molecular weight excluding hydrogens is 386 g/mol. The van der Waals surface area contributed by atoms with Crippen molar-refractivity contribution in [1.82, 2.24) is 20.1 Å². The highest BCUT2D eigenvalue weighted by atomic mass is 32.2. The van der Waals surface area contributed by atoms with Crippen LogP contribution in [0.15, 0.2) is 29.4 Å². The molecule has 7 nitrogen and oxygen atoms in total. The molecule has 29 heavy (non-hydrogen) atoms. The molecule has 2 amide bonds. The van der Waals surface area contributed by atoms with Crippen LogP contribution in [0.2, 0.25) is 0 Å². The smallest absolute Gasteiger partial charge is 0.230 e. The molecule has 0 radical (unpaired) electrons. The van der Waals surface area contributed by atoms with Gasteiger partial charge in [0, 0.05) is 30.8 Å². The monoisotopic (exact) mass is 413 g/mol. The van der Waals surface area contributed by atoms with Crippen molar-refractivity contribution in [2.45, 2.75) is 57.3 Å². The summed E-state index contributed by atoms with van der Waals surface area (Å²) in [6.07, 6.45) is 5.02. The zero-order valence-electron chi connectivity index (χ0n) is 16.9. The van der Waals surface area contributed by atoms with E-state index < -0.39 is 0 Å². The van der Waals surface area contributed by atoms with Crippen LogP contribution in [0, 0.1) is 11.8 Å². The van der Waals surface area contributed by atoms with Crippen LogP contribution in [0.5, 0.6) is 0 Å². The quantitative estimate of drug-likeness (QED) is 0.680. The van der Waals surface area contributed by atoms with E-state index in [9.17, 15) is 9.59 Å². The molecule has 1 heterocycles. The Morgan fingerprint density at radius 1 is 1.17 bits per heavy atom. The number of rotatable bonds is 7. The van der Waals surface area contributed by atoms with E-state index in [0.717, 1.165) is 34.6 Å². The van der Waals surface area contributed by atoms with Gasteiger partial charge in [-0.1, -0.05) is 18.2 Å². The zero-order valence-corrected chi connectivity index (χ0v) is 17.7. The van der Waals surface area contributed by atoms with Crippen molar-refractivity contribution in [2.75, 3.05) is 11.1 Å². The fourth-order valence-electron chi connectivity index (χ4n) is 4.60. The van der Waals surface area contributed by atoms with Gasteiger partial charge in [0.05, 0.1) is 5.75 Å². The lowest BCUT2D eigenvalue weighted by Gasteiger charge is -2.22. The summed E-state index contributed by atoms with van der Waals surface area (Å²) in [6, 6.07) is 7.89. The molecule has 2 aromatic rings. The molecule has 0 spiro atoms. The first-order chi connectivity index (χ1) is 14.0. The van der Waals surface area contributed by atoms with Gasteiger partial charge in [-0.2, -0.15) is 0 Å². The maximum atomic E-state index is 12.4. The lowest BCUT2D eigenvalue weighted by molar-refractivity contribution is -0.119. The van der Waals surface area contributed by atoms with Gasteiger partial charge in [0.1, 0.15) is 0 Å². The summed E-state index contributed by atoms with van der Waals surface area (Å²) >= 11 is 1.43. The highest BCUT2D eigenvalue weighted by molar-refractivity contribution is 7.99. The van der Waals surface area contributed by atoms with Gasteiger partial charge in [-0.05, 0) is 62.3 Å². The number of benzene rings is 1. The van der Waals surface area contributed by atoms with Crippen molar-refractivity contribution < 1.29 is 9.59 Å². The number of aromatic nitrogens is 3. The summed E-state index contributed by atoms with van der Waals surface area (Å²) in [5.41, 5.74) is 1.67. The third-order valence-electron chi connectivity index (χ3n) is 5.91. The third-order valence-corrected chi connectivity index (χ3v) is 6.88. The predicted octanol–water partition coefficient (Wildman–Crippen LogP) is 3.32. The maximum Gasteiger partial charge on any atom is 0.230 e. The molecule has 0 aliphatic heterocycles. The normalized spacial score (nSPS) is 22.6. The average molecular weight is 414 g/mol. The van der Waals surface area contributed by atoms with E-state index in [-0.39, 0.29) is 11.8 Å². The van der Waals surface area contributed by atoms with Crippen LogP contribution in [-0.2, 0) is 16.1 Å². The largest absolute Gasteiger partial charge is 0.352 e. The second-order valence-electron chi connectivity index (χ2n) is 7.95. The Labute approximate surface area is 175 Å². The van der Waals surface area contributed by atoms with Crippen LogP contribution in [0.3, 0.4) is 0 Å². The number of hydrogen-bond acceptors (Lipinski definition) is 5. The van der Waals surface area contributed by atoms with E-state index in [0.29, 0.717) is 24.3 Å². The molecule has 8 heteroatoms. The summed E-state index contributed by atoms with van der Waals surface area (Å²) in [7, 11) is 0. The molecular formula is C21H27N5O2S. The minimum absolute atomic E-state index is 0.0828. The Morgan fingerprint density at radius 3 is 2.59 bits per heavy atom. The fourth-order valence-corrected chi connectivity index (χ4v) is 5.41. The molecule has 2 N–H and O–H groups in total. The van der Waals surface area contributed by atoms with Crippen molar-refractivity contribution in [1.29, 1.82) is 0 Å². The molecule has 2 aliphatic rings. The number of anilines is 1. The Bertz CT molecular complexity index is 895. The Hall–Kier alpha value is -2.35. The lowest BCUT2D eigenvalue weighted by atomic mass is 9.95. The van der Waals surface area contributed by atoms with Crippen LogP contribution in [0.1, 0.15) is 39.5 Å². The second kappa shape index (κ2) is 8.57. The summed E-state index contributed by atoms with van der Waals surface area (Å²) in [6.45, 7) is 4.24. The fraction of sp³-hybridized carbons (Fsp3) is 0.524. The van der Waals surface area contributed by atoms with Gasteiger partial charge >= 0.3 is 0 Å². The van der Waals surface area contributed by atoms with E-state index in [1.54, 1.807) is 0 Å². The summed E-state index contributed by atoms with van der Waals surface area (Å²) in [5.74, 6) is 2.60. The van der Waals surface area contributed by atoms with E-state index in [4.69, 9.17) is 0 Å². The number of fused-ring (bicyclic) bond motifs is 2. The number of hydrogen-bond donors (Lipinski definition) is 2. The van der Waals surface area contributed by atoms with Gasteiger partial charge in [0.2, 0.25) is 11.8 Å². The van der Waals surface area contributed by atoms with Gasteiger partial charge in [-0.3, -0.25) is 9.59 Å². The Kier molecular flexibility index (Phi) is 5.89. The van der Waals surface area contributed by atoms with Crippen LogP contribution < -0.4 is 10.6 Å². The average Bonchev–Trinajstić information content (AvgIpc) is 3.41. The molecule has 2 saturated carbocycles. The SMILES string of the molecule is CCn1c(SCC(=O)N[C@H]2C[C@H]3CC[C@@H]2C3)nnc1-c1ccc(NC(C)=O)cc1. The van der Waals surface area contributed by atoms with Crippen LogP contribution >= 0.6 is 11.8 Å². The molecule has 0 saturated heterocycles. The lowest BCUT2D eigenvalue weighted by Crippen LogP contribution is -2.39. The Morgan fingerprint density at radius 2 is 1.97 bits per heavy atom. The van der Waals surface area contributed by atoms with Gasteiger partial charge in [-0.25, -0.2) is 0 Å². The van der Waals surface area contributed by atoms with Crippen molar-refractivity contribution in [3.05, 3.63) is 24.3 Å². The topological polar surface area (TPSA) is 88.9 Å². The highest BCUT2D eigenvalue weighted by Gasteiger charge is 2.40. The zero-order chi connectivity index (χ0) is 20.4. The minimum Gasteiger partial charge on any atom is -0.352 e. The van der Waals surface area contributed by atoms with Crippen molar-refractivity contribution in [3.8, 4) is 11.4 Å². The van der Waals surface area contributed by atoms with Crippen molar-refractivity contribution in [2.24, 2.45) is 11.8 Å². The Balaban J connectivity index is 1.38. The molecule has 0 unspecified atom stereocenters. The first kappa shape index (κ1) is 19.9. The van der Waals surface area contributed by atoms with E-state index in [1.807, 2.05) is 35.8 Å². The molecule has 3 atom stereocenters. The first-order valence-electron chi connectivity index (χ1n) is 10.3. The van der Waals surface area contributed by atoms with Gasteiger partial charge < -0.3 is 15.2 Å². The van der Waals surface area contributed by atoms with Crippen LogP contribution in [0.25, 0.3) is 11.4 Å². The third kappa shape index (κ3) is 4.47.